The fourth-order valence-corrected chi connectivity index (χ4v) is 1.69. The Labute approximate surface area is 52.2 Å². The zero-order valence-corrected chi connectivity index (χ0v) is 4.72. The van der Waals surface area contributed by atoms with E-state index in [9.17, 15) is 4.79 Å². The van der Waals surface area contributed by atoms with E-state index in [0.29, 0.717) is 6.04 Å². The Morgan fingerprint density at radius 3 is 3.00 bits per heavy atom. The van der Waals surface area contributed by atoms with Crippen LogP contribution < -0.4 is 5.32 Å². The molecule has 0 amide bonds. The molecule has 3 aliphatic rings. The van der Waals surface area contributed by atoms with Gasteiger partial charge in [-0.05, 0) is 0 Å². The summed E-state index contributed by atoms with van der Waals surface area (Å²) in [5.41, 5.74) is 0.708. The van der Waals surface area contributed by atoms with Crippen LogP contribution in [0.5, 0.6) is 0 Å². The van der Waals surface area contributed by atoms with Gasteiger partial charge < -0.3 is 0 Å². The molecule has 0 aromatic carbocycles. The number of nitrogens with one attached hydrogen (secondary N) is 1. The normalized spacial score (nSPS) is 49.6. The number of hydrogen-bond donors (Lipinski definition) is 1. The van der Waals surface area contributed by atoms with Crippen LogP contribution >= 0.6 is 0 Å². The van der Waals surface area contributed by atoms with Crippen molar-refractivity contribution in [3.63, 3.8) is 0 Å². The minimum Gasteiger partial charge on any atom is -0.292 e. The number of carbonyl (C=O) groups is 1. The molecule has 3 rings (SSSR count). The van der Waals surface area contributed by atoms with Crippen LogP contribution in [-0.4, -0.2) is 17.4 Å². The number of Topliss-reactive ketones (excluding diaryl/α,β-unsaturated/α-hetero) is 1. The molecule has 2 bridgehead atoms. The van der Waals surface area contributed by atoms with Crippen LogP contribution in [0.3, 0.4) is 0 Å². The molecular formula is C7H5NO. The van der Waals surface area contributed by atoms with E-state index >= 15 is 0 Å². The van der Waals surface area contributed by atoms with Crippen LogP contribution in [0.2, 0.25) is 0 Å². The molecule has 0 aromatic heterocycles. The molecular weight excluding hydrogens is 114 g/mol. The summed E-state index contributed by atoms with van der Waals surface area (Å²) < 4.78 is 0. The van der Waals surface area contributed by atoms with Gasteiger partial charge in [-0.25, -0.2) is 0 Å². The first-order valence-electron chi connectivity index (χ1n) is 3.07. The molecule has 1 spiro atoms. The second-order valence-corrected chi connectivity index (χ2v) is 2.75. The van der Waals surface area contributed by atoms with Gasteiger partial charge in [0.25, 0.3) is 0 Å². The van der Waals surface area contributed by atoms with Gasteiger partial charge in [-0.1, -0.05) is 18.2 Å². The average Bonchev–Trinajstić information content (AvgIpc) is 2.39. The van der Waals surface area contributed by atoms with Crippen molar-refractivity contribution in [1.82, 2.24) is 5.32 Å². The van der Waals surface area contributed by atoms with Gasteiger partial charge in [-0.15, -0.1) is 0 Å². The molecule has 1 aliphatic carbocycles. The van der Waals surface area contributed by atoms with Gasteiger partial charge in [0.05, 0.1) is 0 Å². The molecule has 44 valence electrons. The van der Waals surface area contributed by atoms with Crippen molar-refractivity contribution in [3.8, 4) is 0 Å². The van der Waals surface area contributed by atoms with Crippen LogP contribution in [0.1, 0.15) is 0 Å². The van der Waals surface area contributed by atoms with Crippen molar-refractivity contribution < 1.29 is 4.79 Å². The number of ketones is 1. The molecule has 2 heterocycles. The van der Waals surface area contributed by atoms with Crippen molar-refractivity contribution in [2.45, 2.75) is 11.6 Å². The summed E-state index contributed by atoms with van der Waals surface area (Å²) in [5.74, 6) is 0.271. The average molecular weight is 119 g/mol. The van der Waals surface area contributed by atoms with Crippen LogP contribution in [0.15, 0.2) is 23.8 Å². The molecule has 1 saturated carbocycles. The lowest BCUT2D eigenvalue weighted by atomic mass is 10.2. The Balaban J connectivity index is 2.35. The van der Waals surface area contributed by atoms with E-state index in [2.05, 4.69) is 5.32 Å². The van der Waals surface area contributed by atoms with Gasteiger partial charge in [-0.2, -0.15) is 0 Å². The van der Waals surface area contributed by atoms with Gasteiger partial charge >= 0.3 is 0 Å². The highest BCUT2D eigenvalue weighted by atomic mass is 16.1. The molecule has 0 aromatic rings. The van der Waals surface area contributed by atoms with E-state index in [1.54, 1.807) is 0 Å². The summed E-state index contributed by atoms with van der Waals surface area (Å²) in [6, 6.07) is 0.359. The van der Waals surface area contributed by atoms with Crippen LogP contribution in [0, 0.1) is 0 Å². The number of hydrogen-bond acceptors (Lipinski definition) is 2. The Kier molecular flexibility index (Phi) is 0.361. The van der Waals surface area contributed by atoms with Gasteiger partial charge in [0, 0.05) is 11.6 Å². The van der Waals surface area contributed by atoms with Gasteiger partial charge in [0.2, 0.25) is 0 Å². The van der Waals surface area contributed by atoms with E-state index in [1.165, 1.54) is 0 Å². The highest BCUT2D eigenvalue weighted by molar-refractivity contribution is 6.28. The Hall–Kier alpha value is -0.890. The summed E-state index contributed by atoms with van der Waals surface area (Å²) in [4.78, 5) is 10.9. The topological polar surface area (TPSA) is 29.1 Å². The number of carbonyl (C=O) groups excluding carboxylic acids is 1. The first-order chi connectivity index (χ1) is 4.33. The van der Waals surface area contributed by atoms with Crippen molar-refractivity contribution in [2.24, 2.45) is 0 Å². The maximum absolute atomic E-state index is 10.9. The highest BCUT2D eigenvalue weighted by Crippen LogP contribution is 2.47. The molecule has 2 unspecified atom stereocenters. The molecule has 1 N–H and O–H groups in total. The molecule has 2 aliphatic heterocycles. The van der Waals surface area contributed by atoms with Gasteiger partial charge in [0.15, 0.2) is 5.78 Å². The third-order valence-corrected chi connectivity index (χ3v) is 2.26. The van der Waals surface area contributed by atoms with Crippen molar-refractivity contribution >= 4 is 5.78 Å². The second kappa shape index (κ2) is 0.809. The lowest BCUT2D eigenvalue weighted by Gasteiger charge is -1.99. The number of rotatable bonds is 0. The van der Waals surface area contributed by atoms with Crippen LogP contribution in [0.25, 0.3) is 0 Å². The predicted octanol–water partition coefficient (Wildman–Crippen LogP) is -0.224. The Morgan fingerprint density at radius 2 is 2.56 bits per heavy atom. The first-order valence-corrected chi connectivity index (χ1v) is 3.07. The fourth-order valence-electron chi connectivity index (χ4n) is 1.69. The summed E-state index contributed by atoms with van der Waals surface area (Å²) in [6.07, 6.45) is 6.01. The molecule has 2 atom stereocenters. The molecule has 0 radical (unpaired) electrons. The van der Waals surface area contributed by atoms with E-state index in [1.807, 2.05) is 18.2 Å². The molecule has 1 fully saturated rings. The van der Waals surface area contributed by atoms with Crippen LogP contribution in [0.4, 0.5) is 0 Å². The van der Waals surface area contributed by atoms with E-state index in [0.717, 1.165) is 5.57 Å². The Morgan fingerprint density at radius 1 is 1.67 bits per heavy atom. The summed E-state index contributed by atoms with van der Waals surface area (Å²) in [7, 11) is 0. The maximum atomic E-state index is 10.9. The standard InChI is InChI=1S/C7H5NO/c9-6-5-3-4-1-2-7(5,6)8-4/h1-4,8H. The lowest BCUT2D eigenvalue weighted by molar-refractivity contribution is -0.110. The molecule has 2 nitrogen and oxygen atoms in total. The monoisotopic (exact) mass is 119 g/mol. The van der Waals surface area contributed by atoms with Crippen LogP contribution in [-0.2, 0) is 4.79 Å². The van der Waals surface area contributed by atoms with Crippen molar-refractivity contribution in [3.05, 3.63) is 23.8 Å². The molecule has 2 heteroatoms. The summed E-state index contributed by atoms with van der Waals surface area (Å²) in [5, 5.41) is 3.17. The molecule has 0 saturated heterocycles. The van der Waals surface area contributed by atoms with Gasteiger partial charge in [0.1, 0.15) is 5.54 Å². The zero-order chi connectivity index (χ0) is 6.06. The first kappa shape index (κ1) is 4.01. The van der Waals surface area contributed by atoms with E-state index < -0.39 is 0 Å². The SMILES string of the molecule is O=C1C2=CC3C=CC12N3. The molecule has 9 heavy (non-hydrogen) atoms. The van der Waals surface area contributed by atoms with E-state index in [-0.39, 0.29) is 11.3 Å². The second-order valence-electron chi connectivity index (χ2n) is 2.75. The highest BCUT2D eigenvalue weighted by Gasteiger charge is 2.64. The van der Waals surface area contributed by atoms with Crippen molar-refractivity contribution in [2.75, 3.05) is 0 Å². The summed E-state index contributed by atoms with van der Waals surface area (Å²) in [6.45, 7) is 0. The van der Waals surface area contributed by atoms with E-state index in [4.69, 9.17) is 0 Å². The third-order valence-electron chi connectivity index (χ3n) is 2.26. The minimum absolute atomic E-state index is 0.271. The van der Waals surface area contributed by atoms with Crippen molar-refractivity contribution in [1.29, 1.82) is 0 Å². The quantitative estimate of drug-likeness (QED) is 0.446. The zero-order valence-electron chi connectivity index (χ0n) is 4.72. The third kappa shape index (κ3) is 0.235. The Bertz CT molecular complexity index is 277. The smallest absolute Gasteiger partial charge is 0.189 e. The minimum atomic E-state index is -0.273. The largest absolute Gasteiger partial charge is 0.292 e. The number of fused-ring (bicyclic) bond motifs is 1. The summed E-state index contributed by atoms with van der Waals surface area (Å²) >= 11 is 0. The lowest BCUT2D eigenvalue weighted by Crippen LogP contribution is -2.29. The van der Waals surface area contributed by atoms with Gasteiger partial charge in [-0.3, -0.25) is 10.1 Å². The predicted molar refractivity (Wildman–Crippen MR) is 31.9 cm³/mol. The fraction of sp³-hybridized carbons (Fsp3) is 0.286. The maximum Gasteiger partial charge on any atom is 0.189 e.